The first-order valence-corrected chi connectivity index (χ1v) is 8.96. The van der Waals surface area contributed by atoms with E-state index in [2.05, 4.69) is 20.6 Å². The van der Waals surface area contributed by atoms with Crippen molar-refractivity contribution in [1.82, 2.24) is 25.2 Å². The Morgan fingerprint density at radius 3 is 2.78 bits per heavy atom. The highest BCUT2D eigenvalue weighted by molar-refractivity contribution is 5.94. The Morgan fingerprint density at radius 1 is 1.30 bits per heavy atom. The van der Waals surface area contributed by atoms with Crippen molar-refractivity contribution >= 4 is 5.91 Å². The summed E-state index contributed by atoms with van der Waals surface area (Å²) in [6.07, 6.45) is 1.76. The lowest BCUT2D eigenvalue weighted by Crippen LogP contribution is -2.23. The fraction of sp³-hybridized carbons (Fsp3) is 0.368. The second-order valence-electron chi connectivity index (χ2n) is 6.62. The summed E-state index contributed by atoms with van der Waals surface area (Å²) in [7, 11) is 0. The largest absolute Gasteiger partial charge is 0.368 e. The van der Waals surface area contributed by atoms with Gasteiger partial charge in [-0.3, -0.25) is 4.79 Å². The topological polar surface area (TPSA) is 95.1 Å². The van der Waals surface area contributed by atoms with Crippen molar-refractivity contribution < 1.29 is 14.1 Å². The minimum atomic E-state index is -0.196. The molecule has 0 saturated carbocycles. The zero-order valence-corrected chi connectivity index (χ0v) is 15.3. The number of nitrogens with zero attached hydrogens (tertiary/aromatic N) is 4. The molecule has 0 spiro atoms. The third kappa shape index (κ3) is 3.75. The van der Waals surface area contributed by atoms with Crippen LogP contribution >= 0.6 is 0 Å². The molecule has 8 heteroatoms. The molecule has 3 heterocycles. The maximum Gasteiger partial charge on any atom is 0.255 e. The Kier molecular flexibility index (Phi) is 4.72. The molecule has 140 valence electrons. The van der Waals surface area contributed by atoms with E-state index in [0.29, 0.717) is 23.9 Å². The van der Waals surface area contributed by atoms with Crippen molar-refractivity contribution in [3.63, 3.8) is 0 Å². The molecule has 4 rings (SSSR count). The molecule has 1 N–H and O–H groups in total. The van der Waals surface area contributed by atoms with Crippen LogP contribution in [0.4, 0.5) is 0 Å². The van der Waals surface area contributed by atoms with Crippen LogP contribution in [0.2, 0.25) is 0 Å². The molecule has 1 amide bonds. The number of ether oxygens (including phenoxy) is 1. The van der Waals surface area contributed by atoms with Gasteiger partial charge in [0.1, 0.15) is 6.10 Å². The van der Waals surface area contributed by atoms with Crippen LogP contribution < -0.4 is 5.32 Å². The molecule has 0 bridgehead atoms. The summed E-state index contributed by atoms with van der Waals surface area (Å²) in [6, 6.07) is 9.30. The van der Waals surface area contributed by atoms with Crippen LogP contribution in [0.15, 0.2) is 34.9 Å². The van der Waals surface area contributed by atoms with Crippen LogP contribution in [0.3, 0.4) is 0 Å². The average Bonchev–Trinajstić information content (AvgIpc) is 3.40. The molecule has 1 aliphatic rings. The van der Waals surface area contributed by atoms with Gasteiger partial charge >= 0.3 is 0 Å². The van der Waals surface area contributed by atoms with Crippen molar-refractivity contribution in [2.45, 2.75) is 39.3 Å². The molecular weight excluding hydrogens is 346 g/mol. The number of carbonyl (C=O) groups excluding carboxylic acids is 1. The van der Waals surface area contributed by atoms with E-state index in [1.165, 1.54) is 0 Å². The summed E-state index contributed by atoms with van der Waals surface area (Å²) < 4.78 is 12.6. The van der Waals surface area contributed by atoms with Gasteiger partial charge in [-0.25, -0.2) is 4.68 Å². The molecular formula is C19H21N5O3. The minimum Gasteiger partial charge on any atom is -0.368 e. The smallest absolute Gasteiger partial charge is 0.255 e. The number of carbonyl (C=O) groups is 1. The zero-order chi connectivity index (χ0) is 18.8. The van der Waals surface area contributed by atoms with E-state index in [0.717, 1.165) is 29.9 Å². The lowest BCUT2D eigenvalue weighted by molar-refractivity contribution is 0.0835. The van der Waals surface area contributed by atoms with Gasteiger partial charge in [-0.15, -0.1) is 0 Å². The third-order valence-corrected chi connectivity index (χ3v) is 4.48. The van der Waals surface area contributed by atoms with E-state index in [1.54, 1.807) is 12.1 Å². The zero-order valence-electron chi connectivity index (χ0n) is 15.3. The first kappa shape index (κ1) is 17.4. The van der Waals surface area contributed by atoms with E-state index in [9.17, 15) is 4.79 Å². The Balaban J connectivity index is 1.37. The van der Waals surface area contributed by atoms with Crippen LogP contribution in [-0.4, -0.2) is 32.4 Å². The highest BCUT2D eigenvalue weighted by atomic mass is 16.5. The molecule has 3 aromatic rings. The van der Waals surface area contributed by atoms with Gasteiger partial charge in [-0.1, -0.05) is 5.16 Å². The predicted octanol–water partition coefficient (Wildman–Crippen LogP) is 2.65. The number of hydrogen-bond acceptors (Lipinski definition) is 6. The Bertz CT molecular complexity index is 939. The van der Waals surface area contributed by atoms with Gasteiger partial charge in [0.25, 0.3) is 11.8 Å². The van der Waals surface area contributed by atoms with Gasteiger partial charge in [0.2, 0.25) is 0 Å². The fourth-order valence-electron chi connectivity index (χ4n) is 3.15. The Hall–Kier alpha value is -3.00. The van der Waals surface area contributed by atoms with Gasteiger partial charge in [0, 0.05) is 17.9 Å². The standard InChI is InChI=1S/C19H21N5O3/c1-12-10-13(2)24(22-12)15-7-5-14(6-8-15)18(25)20-11-17-21-19(27-23-17)16-4-3-9-26-16/h5-8,10,16H,3-4,9,11H2,1-2H3,(H,20,25)/t16-/m0/s1. The monoisotopic (exact) mass is 367 g/mol. The predicted molar refractivity (Wildman–Crippen MR) is 96.4 cm³/mol. The summed E-state index contributed by atoms with van der Waals surface area (Å²) in [4.78, 5) is 16.7. The van der Waals surface area contributed by atoms with Gasteiger partial charge in [0.15, 0.2) is 5.82 Å². The second kappa shape index (κ2) is 7.32. The molecule has 27 heavy (non-hydrogen) atoms. The molecule has 2 aromatic heterocycles. The van der Waals surface area contributed by atoms with Gasteiger partial charge in [-0.05, 0) is 57.0 Å². The normalized spacial score (nSPS) is 16.6. The van der Waals surface area contributed by atoms with Gasteiger partial charge < -0.3 is 14.6 Å². The van der Waals surface area contributed by atoms with Crippen molar-refractivity contribution in [2.24, 2.45) is 0 Å². The molecule has 0 aliphatic carbocycles. The van der Waals surface area contributed by atoms with Crippen LogP contribution in [0.5, 0.6) is 0 Å². The van der Waals surface area contributed by atoms with Crippen LogP contribution in [0.25, 0.3) is 5.69 Å². The van der Waals surface area contributed by atoms with Crippen molar-refractivity contribution in [2.75, 3.05) is 6.61 Å². The molecule has 1 aliphatic heterocycles. The van der Waals surface area contributed by atoms with Gasteiger partial charge in [-0.2, -0.15) is 10.1 Å². The number of hydrogen-bond donors (Lipinski definition) is 1. The summed E-state index contributed by atoms with van der Waals surface area (Å²) in [5.74, 6) is 0.720. The number of aromatic nitrogens is 4. The van der Waals surface area contributed by atoms with Crippen molar-refractivity contribution in [1.29, 1.82) is 0 Å². The maximum absolute atomic E-state index is 12.4. The van der Waals surface area contributed by atoms with Crippen molar-refractivity contribution in [3.8, 4) is 5.69 Å². The SMILES string of the molecule is Cc1cc(C)n(-c2ccc(C(=O)NCc3noc([C@@H]4CCCO4)n3)cc2)n1. The Labute approximate surface area is 156 Å². The molecule has 1 fully saturated rings. The van der Waals surface area contributed by atoms with Crippen LogP contribution in [0.1, 0.15) is 52.4 Å². The number of rotatable bonds is 5. The molecule has 0 radical (unpaired) electrons. The molecule has 0 unspecified atom stereocenters. The van der Waals surface area contributed by atoms with E-state index >= 15 is 0 Å². The quantitative estimate of drug-likeness (QED) is 0.745. The van der Waals surface area contributed by atoms with E-state index in [-0.39, 0.29) is 18.6 Å². The van der Waals surface area contributed by atoms with E-state index in [4.69, 9.17) is 9.26 Å². The average molecular weight is 367 g/mol. The number of nitrogens with one attached hydrogen (secondary N) is 1. The fourth-order valence-corrected chi connectivity index (χ4v) is 3.15. The molecule has 1 aromatic carbocycles. The highest BCUT2D eigenvalue weighted by Crippen LogP contribution is 2.26. The van der Waals surface area contributed by atoms with Crippen LogP contribution in [0, 0.1) is 13.8 Å². The second-order valence-corrected chi connectivity index (χ2v) is 6.62. The van der Waals surface area contributed by atoms with Crippen LogP contribution in [-0.2, 0) is 11.3 Å². The van der Waals surface area contributed by atoms with Crippen molar-refractivity contribution in [3.05, 3.63) is 59.0 Å². The molecule has 8 nitrogen and oxygen atoms in total. The summed E-state index contributed by atoms with van der Waals surface area (Å²) in [5, 5.41) is 11.2. The van der Waals surface area contributed by atoms with E-state index in [1.807, 2.05) is 36.7 Å². The van der Waals surface area contributed by atoms with Gasteiger partial charge in [0.05, 0.1) is 17.9 Å². The summed E-state index contributed by atoms with van der Waals surface area (Å²) >= 11 is 0. The lowest BCUT2D eigenvalue weighted by Gasteiger charge is -2.06. The molecule has 1 atom stereocenters. The minimum absolute atomic E-state index is 0.121. The Morgan fingerprint density at radius 2 is 2.11 bits per heavy atom. The third-order valence-electron chi connectivity index (χ3n) is 4.48. The first-order chi connectivity index (χ1) is 13.1. The maximum atomic E-state index is 12.4. The number of amides is 1. The first-order valence-electron chi connectivity index (χ1n) is 8.96. The van der Waals surface area contributed by atoms with E-state index < -0.39 is 0 Å². The number of aryl methyl sites for hydroxylation is 2. The highest BCUT2D eigenvalue weighted by Gasteiger charge is 2.23. The summed E-state index contributed by atoms with van der Waals surface area (Å²) in [6.45, 7) is 4.87. The summed E-state index contributed by atoms with van der Waals surface area (Å²) in [5.41, 5.74) is 3.47. The lowest BCUT2D eigenvalue weighted by atomic mass is 10.2. The number of benzene rings is 1. The molecule has 1 saturated heterocycles.